The maximum atomic E-state index is 13.2. The fraction of sp³-hybridized carbons (Fsp3) is 0.364. The number of benzene rings is 1. The number of nitrogens with one attached hydrogen (secondary N) is 2. The van der Waals surface area contributed by atoms with Crippen LogP contribution in [0.5, 0.6) is 0 Å². The number of thioether (sulfide) groups is 1. The van der Waals surface area contributed by atoms with Crippen molar-refractivity contribution >= 4 is 51.9 Å². The van der Waals surface area contributed by atoms with Crippen molar-refractivity contribution in [2.75, 3.05) is 17.3 Å². The van der Waals surface area contributed by atoms with Crippen molar-refractivity contribution < 1.29 is 35.9 Å². The molecule has 39 heavy (non-hydrogen) atoms. The van der Waals surface area contributed by atoms with Crippen LogP contribution in [0.1, 0.15) is 50.8 Å². The molecule has 0 aliphatic heterocycles. The van der Waals surface area contributed by atoms with Gasteiger partial charge in [0.2, 0.25) is 5.82 Å². The lowest BCUT2D eigenvalue weighted by Gasteiger charge is -2.16. The Morgan fingerprint density at radius 1 is 1.10 bits per heavy atom. The standard InChI is InChI=1S/C22H20F6IN7O2S/c1-10(9-39-3)31-18(38)16-12(5-4-6-13(16)29)17(37)33-14-7-30-15(32-11(14)2)8-36-20(22(26,27)28)34-19(35-36)21(23,24)25/h4-7,10H,8-9H2,1-3H3,(H,31,38)(H,33,37)/t10-/m0/s1. The summed E-state index contributed by atoms with van der Waals surface area (Å²) in [4.78, 5) is 36.4. The number of rotatable bonds is 8. The van der Waals surface area contributed by atoms with Gasteiger partial charge in [-0.15, -0.1) is 5.10 Å². The van der Waals surface area contributed by atoms with E-state index in [0.717, 1.165) is 6.20 Å². The molecule has 0 fully saturated rings. The Kier molecular flexibility index (Phi) is 9.45. The van der Waals surface area contributed by atoms with Gasteiger partial charge in [-0.25, -0.2) is 14.6 Å². The fourth-order valence-corrected chi connectivity index (χ4v) is 4.68. The predicted molar refractivity (Wildman–Crippen MR) is 138 cm³/mol. The van der Waals surface area contributed by atoms with Gasteiger partial charge in [0.15, 0.2) is 0 Å². The molecule has 2 N–H and O–H groups in total. The third-order valence-electron chi connectivity index (χ3n) is 5.03. The number of amides is 2. The molecule has 0 aliphatic rings. The minimum atomic E-state index is -5.20. The number of carbonyl (C=O) groups is 2. The van der Waals surface area contributed by atoms with Crippen LogP contribution in [-0.2, 0) is 18.9 Å². The highest BCUT2D eigenvalue weighted by Gasteiger charge is 2.44. The highest BCUT2D eigenvalue weighted by molar-refractivity contribution is 14.1. The van der Waals surface area contributed by atoms with Crippen molar-refractivity contribution in [2.24, 2.45) is 0 Å². The first kappa shape index (κ1) is 30.6. The van der Waals surface area contributed by atoms with E-state index in [1.54, 1.807) is 23.9 Å². The Labute approximate surface area is 235 Å². The molecular weight excluding hydrogens is 667 g/mol. The van der Waals surface area contributed by atoms with Gasteiger partial charge >= 0.3 is 12.4 Å². The van der Waals surface area contributed by atoms with Crippen LogP contribution in [-0.4, -0.2) is 54.6 Å². The summed E-state index contributed by atoms with van der Waals surface area (Å²) in [5.41, 5.74) is 0.417. The van der Waals surface area contributed by atoms with Crippen molar-refractivity contribution in [2.45, 2.75) is 38.8 Å². The van der Waals surface area contributed by atoms with Gasteiger partial charge in [0.25, 0.3) is 17.6 Å². The summed E-state index contributed by atoms with van der Waals surface area (Å²) in [5, 5.41) is 8.32. The Bertz CT molecular complexity index is 1380. The number of aryl methyl sites for hydroxylation is 1. The third kappa shape index (κ3) is 7.58. The average Bonchev–Trinajstić information content (AvgIpc) is 3.25. The van der Waals surface area contributed by atoms with E-state index in [1.807, 2.05) is 35.8 Å². The molecule has 0 radical (unpaired) electrons. The minimum Gasteiger partial charge on any atom is -0.349 e. The van der Waals surface area contributed by atoms with Crippen molar-refractivity contribution in [1.29, 1.82) is 0 Å². The van der Waals surface area contributed by atoms with Crippen molar-refractivity contribution in [3.8, 4) is 0 Å². The summed E-state index contributed by atoms with van der Waals surface area (Å²) < 4.78 is 78.9. The number of nitrogens with zero attached hydrogens (tertiary/aromatic N) is 5. The van der Waals surface area contributed by atoms with Gasteiger partial charge < -0.3 is 10.6 Å². The Balaban J connectivity index is 1.84. The van der Waals surface area contributed by atoms with Gasteiger partial charge in [-0.2, -0.15) is 43.1 Å². The zero-order chi connectivity index (χ0) is 29.1. The number of aromatic nitrogens is 5. The summed E-state index contributed by atoms with van der Waals surface area (Å²) in [6.07, 6.45) is -7.40. The second kappa shape index (κ2) is 12.1. The van der Waals surface area contributed by atoms with E-state index in [2.05, 4.69) is 30.7 Å². The van der Waals surface area contributed by atoms with E-state index in [9.17, 15) is 35.9 Å². The summed E-state index contributed by atoms with van der Waals surface area (Å²) >= 11 is 3.48. The normalized spacial score (nSPS) is 12.8. The van der Waals surface area contributed by atoms with Gasteiger partial charge in [-0.3, -0.25) is 9.59 Å². The van der Waals surface area contributed by atoms with Crippen LogP contribution in [0.15, 0.2) is 24.4 Å². The molecule has 0 unspecified atom stereocenters. The first-order valence-electron chi connectivity index (χ1n) is 10.9. The average molecular weight is 687 g/mol. The Morgan fingerprint density at radius 2 is 1.79 bits per heavy atom. The topological polar surface area (TPSA) is 115 Å². The number of hydrogen-bond donors (Lipinski definition) is 2. The van der Waals surface area contributed by atoms with Gasteiger partial charge in [0.1, 0.15) is 12.4 Å². The fourth-order valence-electron chi connectivity index (χ4n) is 3.35. The SMILES string of the molecule is CSC[C@H](C)NC(=O)c1c(I)cccc1C(=O)Nc1cnc(Cn2nc(C(F)(F)F)nc2C(F)(F)F)nc1C. The molecule has 1 atom stereocenters. The molecule has 9 nitrogen and oxygen atoms in total. The van der Waals surface area contributed by atoms with E-state index >= 15 is 0 Å². The maximum Gasteiger partial charge on any atom is 0.453 e. The van der Waals surface area contributed by atoms with E-state index < -0.39 is 42.4 Å². The summed E-state index contributed by atoms with van der Waals surface area (Å²) in [5.74, 6) is -4.55. The van der Waals surface area contributed by atoms with Gasteiger partial charge in [0, 0.05) is 15.4 Å². The monoisotopic (exact) mass is 687 g/mol. The molecule has 3 rings (SSSR count). The number of hydrogen-bond acceptors (Lipinski definition) is 7. The molecule has 0 saturated carbocycles. The molecule has 3 aromatic rings. The van der Waals surface area contributed by atoms with Crippen LogP contribution in [0.25, 0.3) is 0 Å². The van der Waals surface area contributed by atoms with Crippen LogP contribution in [0.3, 0.4) is 0 Å². The minimum absolute atomic E-state index is 0.0185. The van der Waals surface area contributed by atoms with Crippen LogP contribution >= 0.6 is 34.4 Å². The first-order valence-corrected chi connectivity index (χ1v) is 13.4. The maximum absolute atomic E-state index is 13.2. The van der Waals surface area contributed by atoms with Crippen molar-refractivity contribution in [3.63, 3.8) is 0 Å². The molecule has 0 aliphatic carbocycles. The highest BCUT2D eigenvalue weighted by Crippen LogP contribution is 2.32. The van der Waals surface area contributed by atoms with E-state index in [1.165, 1.54) is 13.0 Å². The van der Waals surface area contributed by atoms with Crippen molar-refractivity contribution in [1.82, 2.24) is 30.0 Å². The molecule has 0 spiro atoms. The number of carbonyl (C=O) groups excluding carboxylic acids is 2. The smallest absolute Gasteiger partial charge is 0.349 e. The Morgan fingerprint density at radius 3 is 2.38 bits per heavy atom. The molecule has 2 heterocycles. The molecular formula is C22H20F6IN7O2S. The van der Waals surface area contributed by atoms with E-state index in [4.69, 9.17) is 0 Å². The largest absolute Gasteiger partial charge is 0.453 e. The lowest BCUT2D eigenvalue weighted by Crippen LogP contribution is -2.36. The predicted octanol–water partition coefficient (Wildman–Crippen LogP) is 4.80. The third-order valence-corrected chi connectivity index (χ3v) is 6.76. The lowest BCUT2D eigenvalue weighted by atomic mass is 10.1. The Hall–Kier alpha value is -2.96. The van der Waals surface area contributed by atoms with Gasteiger partial charge in [-0.05, 0) is 54.8 Å². The van der Waals surface area contributed by atoms with Crippen LogP contribution in [0.4, 0.5) is 32.0 Å². The van der Waals surface area contributed by atoms with Crippen LogP contribution < -0.4 is 10.6 Å². The lowest BCUT2D eigenvalue weighted by molar-refractivity contribution is -0.150. The second-order valence-electron chi connectivity index (χ2n) is 8.14. The molecule has 2 aromatic heterocycles. The first-order chi connectivity index (χ1) is 18.1. The zero-order valence-corrected chi connectivity index (χ0v) is 23.4. The number of anilines is 1. The van der Waals surface area contributed by atoms with Crippen LogP contribution in [0, 0.1) is 10.5 Å². The van der Waals surface area contributed by atoms with Gasteiger partial charge in [-0.1, -0.05) is 6.07 Å². The van der Waals surface area contributed by atoms with Gasteiger partial charge in [0.05, 0.1) is 28.7 Å². The number of alkyl halides is 6. The molecule has 1 aromatic carbocycles. The summed E-state index contributed by atoms with van der Waals surface area (Å²) in [6.45, 7) is 2.38. The molecule has 0 saturated heterocycles. The summed E-state index contributed by atoms with van der Waals surface area (Å²) in [7, 11) is 0. The zero-order valence-electron chi connectivity index (χ0n) is 20.4. The van der Waals surface area contributed by atoms with E-state index in [0.29, 0.717) is 9.32 Å². The number of halogens is 7. The molecule has 2 amide bonds. The summed E-state index contributed by atoms with van der Waals surface area (Å²) in [6, 6.07) is 4.56. The highest BCUT2D eigenvalue weighted by atomic mass is 127. The molecule has 17 heteroatoms. The van der Waals surface area contributed by atoms with E-state index in [-0.39, 0.29) is 39.1 Å². The molecule has 0 bridgehead atoms. The van der Waals surface area contributed by atoms with Crippen molar-refractivity contribution in [3.05, 3.63) is 62.3 Å². The second-order valence-corrected chi connectivity index (χ2v) is 10.2. The quantitative estimate of drug-likeness (QED) is 0.259. The molecule has 210 valence electrons. The van der Waals surface area contributed by atoms with Crippen LogP contribution in [0.2, 0.25) is 0 Å².